The topological polar surface area (TPSA) is 58.6 Å². The summed E-state index contributed by atoms with van der Waals surface area (Å²) in [6.45, 7) is 8.88. The summed E-state index contributed by atoms with van der Waals surface area (Å²) in [6.07, 6.45) is 0. The van der Waals surface area contributed by atoms with Crippen molar-refractivity contribution >= 4 is 11.7 Å². The Morgan fingerprint density at radius 3 is 2.12 bits per heavy atom. The molecule has 3 rings (SSSR count). The summed E-state index contributed by atoms with van der Waals surface area (Å²) in [5.41, 5.74) is 1.51. The molecular weight excluding hydrogens is 328 g/mol. The minimum absolute atomic E-state index is 0.207. The molecule has 0 spiro atoms. The molecule has 2 aromatic rings. The Labute approximate surface area is 154 Å². The Morgan fingerprint density at radius 2 is 1.62 bits per heavy atom. The number of benzene rings is 1. The SMILES string of the molecule is COc1ccc(-c2ccc(N3CCN(C(=O)C(C)(C)C)CC3)nn2)cc1. The summed E-state index contributed by atoms with van der Waals surface area (Å²) in [4.78, 5) is 16.5. The van der Waals surface area contributed by atoms with Gasteiger partial charge in [-0.05, 0) is 36.4 Å². The summed E-state index contributed by atoms with van der Waals surface area (Å²) in [7, 11) is 1.65. The lowest BCUT2D eigenvalue weighted by Gasteiger charge is -2.38. The first-order valence-electron chi connectivity index (χ1n) is 8.91. The lowest BCUT2D eigenvalue weighted by atomic mass is 9.94. The first-order valence-corrected chi connectivity index (χ1v) is 8.91. The number of piperazine rings is 1. The van der Waals surface area contributed by atoms with Crippen LogP contribution in [0.2, 0.25) is 0 Å². The maximum absolute atomic E-state index is 12.4. The molecule has 0 unspecified atom stereocenters. The molecule has 1 amide bonds. The normalized spacial score (nSPS) is 15.1. The maximum atomic E-state index is 12.4. The number of nitrogens with zero attached hydrogens (tertiary/aromatic N) is 4. The molecule has 0 saturated carbocycles. The van der Waals surface area contributed by atoms with Crippen LogP contribution >= 0.6 is 0 Å². The summed E-state index contributed by atoms with van der Waals surface area (Å²) >= 11 is 0. The van der Waals surface area contributed by atoms with Crippen LogP contribution in [0.5, 0.6) is 5.75 Å². The lowest BCUT2D eigenvalue weighted by Crippen LogP contribution is -2.51. The largest absolute Gasteiger partial charge is 0.497 e. The average Bonchev–Trinajstić information content (AvgIpc) is 2.67. The predicted octanol–water partition coefficient (Wildman–Crippen LogP) is 2.85. The highest BCUT2D eigenvalue weighted by Gasteiger charge is 2.30. The monoisotopic (exact) mass is 354 g/mol. The highest BCUT2D eigenvalue weighted by atomic mass is 16.5. The maximum Gasteiger partial charge on any atom is 0.228 e. The molecule has 1 aromatic carbocycles. The number of amides is 1. The van der Waals surface area contributed by atoms with Crippen molar-refractivity contribution in [2.75, 3.05) is 38.2 Å². The fourth-order valence-corrected chi connectivity index (χ4v) is 3.02. The van der Waals surface area contributed by atoms with Crippen LogP contribution in [0.15, 0.2) is 36.4 Å². The Bertz CT molecular complexity index is 743. The van der Waals surface area contributed by atoms with Crippen LogP contribution in [-0.2, 0) is 4.79 Å². The number of ether oxygens (including phenoxy) is 1. The minimum atomic E-state index is -0.331. The Balaban J connectivity index is 1.63. The third-order valence-corrected chi connectivity index (χ3v) is 4.57. The lowest BCUT2D eigenvalue weighted by molar-refractivity contribution is -0.139. The van der Waals surface area contributed by atoms with E-state index >= 15 is 0 Å². The zero-order chi connectivity index (χ0) is 18.7. The zero-order valence-electron chi connectivity index (χ0n) is 15.9. The van der Waals surface area contributed by atoms with E-state index in [1.54, 1.807) is 7.11 Å². The number of carbonyl (C=O) groups excluding carboxylic acids is 1. The van der Waals surface area contributed by atoms with E-state index in [0.717, 1.165) is 49.0 Å². The third-order valence-electron chi connectivity index (χ3n) is 4.57. The highest BCUT2D eigenvalue weighted by molar-refractivity contribution is 5.81. The fourth-order valence-electron chi connectivity index (χ4n) is 3.02. The van der Waals surface area contributed by atoms with Gasteiger partial charge in [0.05, 0.1) is 12.8 Å². The molecule has 26 heavy (non-hydrogen) atoms. The number of rotatable bonds is 3. The molecule has 1 aliphatic rings. The smallest absolute Gasteiger partial charge is 0.228 e. The van der Waals surface area contributed by atoms with Gasteiger partial charge in [-0.25, -0.2) is 0 Å². The van der Waals surface area contributed by atoms with Crippen LogP contribution in [0, 0.1) is 5.41 Å². The van der Waals surface area contributed by atoms with Gasteiger partial charge in [0, 0.05) is 37.2 Å². The van der Waals surface area contributed by atoms with Crippen molar-refractivity contribution in [2.45, 2.75) is 20.8 Å². The van der Waals surface area contributed by atoms with Gasteiger partial charge >= 0.3 is 0 Å². The van der Waals surface area contributed by atoms with Crippen LogP contribution in [0.4, 0.5) is 5.82 Å². The summed E-state index contributed by atoms with van der Waals surface area (Å²) in [5.74, 6) is 1.88. The standard InChI is InChI=1S/C20H26N4O2/c1-20(2,3)19(25)24-13-11-23(12-14-24)18-10-9-17(21-22-18)15-5-7-16(26-4)8-6-15/h5-10H,11-14H2,1-4H3. The van der Waals surface area contributed by atoms with Gasteiger partial charge in [0.15, 0.2) is 5.82 Å². The van der Waals surface area contributed by atoms with Crippen LogP contribution < -0.4 is 9.64 Å². The van der Waals surface area contributed by atoms with Gasteiger partial charge < -0.3 is 14.5 Å². The van der Waals surface area contributed by atoms with Gasteiger partial charge in [-0.3, -0.25) is 4.79 Å². The molecule has 0 radical (unpaired) electrons. The first-order chi connectivity index (χ1) is 12.4. The molecule has 1 fully saturated rings. The molecule has 6 heteroatoms. The van der Waals surface area contributed by atoms with E-state index in [4.69, 9.17) is 4.74 Å². The second-order valence-corrected chi connectivity index (χ2v) is 7.53. The summed E-state index contributed by atoms with van der Waals surface area (Å²) < 4.78 is 5.18. The van der Waals surface area contributed by atoms with E-state index in [2.05, 4.69) is 15.1 Å². The quantitative estimate of drug-likeness (QED) is 0.848. The molecule has 0 aliphatic carbocycles. The van der Waals surface area contributed by atoms with Crippen molar-refractivity contribution in [3.05, 3.63) is 36.4 Å². The second-order valence-electron chi connectivity index (χ2n) is 7.53. The molecule has 6 nitrogen and oxygen atoms in total. The number of anilines is 1. The molecule has 0 atom stereocenters. The highest BCUT2D eigenvalue weighted by Crippen LogP contribution is 2.23. The molecular formula is C20H26N4O2. The summed E-state index contributed by atoms with van der Waals surface area (Å²) in [6, 6.07) is 11.7. The zero-order valence-corrected chi connectivity index (χ0v) is 15.9. The van der Waals surface area contributed by atoms with Gasteiger partial charge in [-0.15, -0.1) is 10.2 Å². The van der Waals surface area contributed by atoms with Crippen molar-refractivity contribution in [1.29, 1.82) is 0 Å². The molecule has 138 valence electrons. The summed E-state index contributed by atoms with van der Waals surface area (Å²) in [5, 5.41) is 8.74. The van der Waals surface area contributed by atoms with Gasteiger partial charge in [-0.1, -0.05) is 20.8 Å². The van der Waals surface area contributed by atoms with Crippen molar-refractivity contribution in [3.63, 3.8) is 0 Å². The van der Waals surface area contributed by atoms with Crippen molar-refractivity contribution in [3.8, 4) is 17.0 Å². The number of methoxy groups -OCH3 is 1. The van der Waals surface area contributed by atoms with Crippen LogP contribution in [0.3, 0.4) is 0 Å². The van der Waals surface area contributed by atoms with E-state index in [-0.39, 0.29) is 11.3 Å². The molecule has 0 N–H and O–H groups in total. The van der Waals surface area contributed by atoms with Crippen LogP contribution in [-0.4, -0.2) is 54.3 Å². The van der Waals surface area contributed by atoms with E-state index in [0.29, 0.717) is 0 Å². The van der Waals surface area contributed by atoms with Crippen LogP contribution in [0.1, 0.15) is 20.8 Å². The van der Waals surface area contributed by atoms with E-state index in [1.165, 1.54) is 0 Å². The van der Waals surface area contributed by atoms with E-state index in [1.807, 2.05) is 62.1 Å². The van der Waals surface area contributed by atoms with Gasteiger partial charge in [-0.2, -0.15) is 0 Å². The Kier molecular flexibility index (Phi) is 5.11. The minimum Gasteiger partial charge on any atom is -0.497 e. The second kappa shape index (κ2) is 7.32. The molecule has 2 heterocycles. The third kappa shape index (κ3) is 3.95. The van der Waals surface area contributed by atoms with Crippen LogP contribution in [0.25, 0.3) is 11.3 Å². The number of hydrogen-bond acceptors (Lipinski definition) is 5. The van der Waals surface area contributed by atoms with E-state index in [9.17, 15) is 4.79 Å². The van der Waals surface area contributed by atoms with Crippen molar-refractivity contribution < 1.29 is 9.53 Å². The van der Waals surface area contributed by atoms with Crippen molar-refractivity contribution in [2.24, 2.45) is 5.41 Å². The van der Waals surface area contributed by atoms with Gasteiger partial charge in [0.1, 0.15) is 5.75 Å². The van der Waals surface area contributed by atoms with Gasteiger partial charge in [0.2, 0.25) is 5.91 Å². The molecule has 1 aromatic heterocycles. The predicted molar refractivity (Wildman–Crippen MR) is 102 cm³/mol. The number of carbonyl (C=O) groups is 1. The molecule has 1 aliphatic heterocycles. The number of hydrogen-bond donors (Lipinski definition) is 0. The number of aromatic nitrogens is 2. The van der Waals surface area contributed by atoms with E-state index < -0.39 is 0 Å². The van der Waals surface area contributed by atoms with Gasteiger partial charge in [0.25, 0.3) is 0 Å². The molecule has 1 saturated heterocycles. The fraction of sp³-hybridized carbons (Fsp3) is 0.450. The Morgan fingerprint density at radius 1 is 0.962 bits per heavy atom. The molecule has 0 bridgehead atoms. The Hall–Kier alpha value is -2.63. The van der Waals surface area contributed by atoms with Crippen molar-refractivity contribution in [1.82, 2.24) is 15.1 Å². The average molecular weight is 354 g/mol. The first kappa shape index (κ1) is 18.2.